The van der Waals surface area contributed by atoms with E-state index in [2.05, 4.69) is 24.3 Å². The zero-order chi connectivity index (χ0) is 30.7. The average Bonchev–Trinajstić information content (AvgIpc) is 2.98. The van der Waals surface area contributed by atoms with Crippen LogP contribution in [0.5, 0.6) is 0 Å². The monoisotopic (exact) mass is 581 g/mol. The van der Waals surface area contributed by atoms with Gasteiger partial charge in [0.15, 0.2) is 11.6 Å². The van der Waals surface area contributed by atoms with Gasteiger partial charge in [-0.25, -0.2) is 13.6 Å². The molecule has 0 spiro atoms. The van der Waals surface area contributed by atoms with E-state index in [0.717, 1.165) is 34.0 Å². The maximum absolute atomic E-state index is 15.1. The first-order valence-electron chi connectivity index (χ1n) is 14.7. The molecule has 0 saturated carbocycles. The molecule has 5 nitrogen and oxygen atoms in total. The number of anilines is 1. The number of halogens is 2. The van der Waals surface area contributed by atoms with Gasteiger partial charge in [0.2, 0.25) is 0 Å². The smallest absolute Gasteiger partial charge is 0.410 e. The van der Waals surface area contributed by atoms with Crippen molar-refractivity contribution in [3.05, 3.63) is 113 Å². The van der Waals surface area contributed by atoms with Crippen LogP contribution in [0.25, 0.3) is 10.8 Å². The number of rotatable bonds is 6. The second-order valence-electron chi connectivity index (χ2n) is 12.3. The van der Waals surface area contributed by atoms with Crippen LogP contribution in [-0.4, -0.2) is 36.2 Å². The summed E-state index contributed by atoms with van der Waals surface area (Å²) in [7, 11) is 0. The molecule has 2 unspecified atom stereocenters. The van der Waals surface area contributed by atoms with E-state index in [1.165, 1.54) is 0 Å². The van der Waals surface area contributed by atoms with Crippen LogP contribution < -0.4 is 4.90 Å². The minimum absolute atomic E-state index is 0.00639. The first kappa shape index (κ1) is 30.0. The maximum Gasteiger partial charge on any atom is 0.410 e. The van der Waals surface area contributed by atoms with E-state index in [4.69, 9.17) is 10.00 Å². The Hall–Kier alpha value is -4.44. The molecule has 0 N–H and O–H groups in total. The van der Waals surface area contributed by atoms with Crippen LogP contribution in [0.2, 0.25) is 0 Å². The van der Waals surface area contributed by atoms with Gasteiger partial charge >= 0.3 is 6.09 Å². The van der Waals surface area contributed by atoms with Crippen molar-refractivity contribution < 1.29 is 18.3 Å². The highest BCUT2D eigenvalue weighted by molar-refractivity contribution is 5.86. The number of carbonyl (C=O) groups is 1. The topological polar surface area (TPSA) is 56.6 Å². The summed E-state index contributed by atoms with van der Waals surface area (Å²) in [6, 6.07) is 27.8. The fourth-order valence-corrected chi connectivity index (χ4v) is 6.18. The number of nitrogens with zero attached hydrogens (tertiary/aromatic N) is 3. The molecule has 4 aromatic rings. The van der Waals surface area contributed by atoms with Crippen molar-refractivity contribution in [1.29, 1.82) is 5.26 Å². The van der Waals surface area contributed by atoms with Crippen LogP contribution in [0.15, 0.2) is 84.9 Å². The molecular weight excluding hydrogens is 544 g/mol. The summed E-state index contributed by atoms with van der Waals surface area (Å²) in [5.74, 6) is -1.62. The summed E-state index contributed by atoms with van der Waals surface area (Å²) in [4.78, 5) is 17.4. The summed E-state index contributed by atoms with van der Waals surface area (Å²) in [5, 5.41) is 11.3. The van der Waals surface area contributed by atoms with Gasteiger partial charge in [-0.1, -0.05) is 72.8 Å². The quantitative estimate of drug-likeness (QED) is 0.229. The highest BCUT2D eigenvalue weighted by Gasteiger charge is 2.37. The number of hydrogen-bond donors (Lipinski definition) is 0. The van der Waals surface area contributed by atoms with E-state index in [1.54, 1.807) is 4.90 Å². The number of fused-ring (bicyclic) bond motifs is 1. The Morgan fingerprint density at radius 1 is 1.02 bits per heavy atom. The lowest BCUT2D eigenvalue weighted by Crippen LogP contribution is -2.47. The fourth-order valence-electron chi connectivity index (χ4n) is 6.18. The van der Waals surface area contributed by atoms with Crippen LogP contribution in [0, 0.1) is 28.9 Å². The Kier molecular flexibility index (Phi) is 8.68. The molecule has 0 bridgehead atoms. The Morgan fingerprint density at radius 2 is 1.67 bits per heavy atom. The normalized spacial score (nSPS) is 17.7. The molecule has 1 fully saturated rings. The third kappa shape index (κ3) is 6.64. The molecular formula is C36H37F2N3O2. The van der Waals surface area contributed by atoms with E-state index >= 15 is 8.78 Å². The number of nitriles is 1. The van der Waals surface area contributed by atoms with Gasteiger partial charge in [-0.2, -0.15) is 5.26 Å². The fraction of sp³-hybridized carbons (Fsp3) is 0.333. The molecule has 3 atom stereocenters. The van der Waals surface area contributed by atoms with Crippen molar-refractivity contribution in [1.82, 2.24) is 4.90 Å². The molecule has 7 heteroatoms. The average molecular weight is 582 g/mol. The predicted octanol–water partition coefficient (Wildman–Crippen LogP) is 8.60. The summed E-state index contributed by atoms with van der Waals surface area (Å²) in [6.45, 7) is 8.77. The second-order valence-corrected chi connectivity index (χ2v) is 12.3. The molecule has 0 aliphatic carbocycles. The van der Waals surface area contributed by atoms with Crippen LogP contribution in [0.1, 0.15) is 62.8 Å². The van der Waals surface area contributed by atoms with Gasteiger partial charge in [0.1, 0.15) is 11.3 Å². The summed E-state index contributed by atoms with van der Waals surface area (Å²) >= 11 is 0. The van der Waals surface area contributed by atoms with Crippen molar-refractivity contribution in [2.24, 2.45) is 5.92 Å². The van der Waals surface area contributed by atoms with Gasteiger partial charge in [0.05, 0.1) is 17.7 Å². The Labute approximate surface area is 252 Å². The molecule has 0 radical (unpaired) electrons. The van der Waals surface area contributed by atoms with Crippen LogP contribution in [0.3, 0.4) is 0 Å². The number of piperidine rings is 1. The van der Waals surface area contributed by atoms with Gasteiger partial charge in [0.25, 0.3) is 0 Å². The number of ether oxygens (including phenoxy) is 1. The molecule has 1 aliphatic heterocycles. The molecule has 5 rings (SSSR count). The molecule has 0 aromatic heterocycles. The van der Waals surface area contributed by atoms with Crippen molar-refractivity contribution in [2.75, 3.05) is 24.5 Å². The second kappa shape index (κ2) is 12.4. The number of carbonyl (C=O) groups excluding carboxylic acids is 1. The molecule has 43 heavy (non-hydrogen) atoms. The maximum atomic E-state index is 15.1. The van der Waals surface area contributed by atoms with Gasteiger partial charge < -0.3 is 14.5 Å². The lowest BCUT2D eigenvalue weighted by molar-refractivity contribution is 0.0121. The van der Waals surface area contributed by atoms with Gasteiger partial charge in [-0.15, -0.1) is 0 Å². The van der Waals surface area contributed by atoms with E-state index in [0.29, 0.717) is 26.1 Å². The van der Waals surface area contributed by atoms with Crippen LogP contribution in [0.4, 0.5) is 19.3 Å². The van der Waals surface area contributed by atoms with Crippen LogP contribution >= 0.6 is 0 Å². The molecule has 1 saturated heterocycles. The minimum Gasteiger partial charge on any atom is -0.444 e. The standard InChI is InChI=1S/C36H37F2N3O2/c1-24(29-16-10-14-26-13-8-9-15-30(26)29)41(35(42)43-36(2,3)4)22-28-17-18-40(23-31(28)27-11-6-5-7-12-27)34-32(37)19-25(21-39)20-33(34)38/h5-16,19-20,24,28,31H,17-18,22-23H2,1-4H3/t24-,28?,31?/m1/s1. The predicted molar refractivity (Wildman–Crippen MR) is 166 cm³/mol. The Bertz CT molecular complexity index is 1620. The summed E-state index contributed by atoms with van der Waals surface area (Å²) in [5.41, 5.74) is 1.21. The molecule has 222 valence electrons. The zero-order valence-corrected chi connectivity index (χ0v) is 25.1. The van der Waals surface area contributed by atoms with E-state index < -0.39 is 23.3 Å². The third-order valence-corrected chi connectivity index (χ3v) is 8.25. The van der Waals surface area contributed by atoms with Gasteiger partial charge in [0, 0.05) is 25.6 Å². The van der Waals surface area contributed by atoms with Gasteiger partial charge in [-0.05, 0) is 74.1 Å². The van der Waals surface area contributed by atoms with E-state index in [9.17, 15) is 4.79 Å². The zero-order valence-electron chi connectivity index (χ0n) is 25.1. The lowest BCUT2D eigenvalue weighted by Gasteiger charge is -2.43. The first-order valence-corrected chi connectivity index (χ1v) is 14.7. The minimum atomic E-state index is -0.748. The van der Waals surface area contributed by atoms with Crippen molar-refractivity contribution >= 4 is 22.6 Å². The Balaban J connectivity index is 1.51. The van der Waals surface area contributed by atoms with E-state index in [-0.39, 0.29) is 29.1 Å². The lowest BCUT2D eigenvalue weighted by atomic mass is 9.79. The number of hydrogen-bond acceptors (Lipinski definition) is 4. The summed E-state index contributed by atoms with van der Waals surface area (Å²) < 4.78 is 36.1. The van der Waals surface area contributed by atoms with E-state index in [1.807, 2.05) is 87.2 Å². The van der Waals surface area contributed by atoms with Crippen molar-refractivity contribution in [3.63, 3.8) is 0 Å². The first-order chi connectivity index (χ1) is 20.6. The number of benzene rings is 4. The molecule has 4 aromatic carbocycles. The largest absolute Gasteiger partial charge is 0.444 e. The molecule has 1 aliphatic rings. The van der Waals surface area contributed by atoms with Crippen molar-refractivity contribution in [3.8, 4) is 6.07 Å². The SMILES string of the molecule is C[C@H](c1cccc2ccccc12)N(CC1CCN(c2c(F)cc(C#N)cc2F)CC1c1ccccc1)C(=O)OC(C)(C)C. The molecule has 1 heterocycles. The van der Waals surface area contributed by atoms with Crippen molar-refractivity contribution in [2.45, 2.75) is 51.7 Å². The van der Waals surface area contributed by atoms with Crippen LogP contribution in [-0.2, 0) is 4.74 Å². The number of amides is 1. The summed E-state index contributed by atoms with van der Waals surface area (Å²) in [6.07, 6.45) is 0.200. The third-order valence-electron chi connectivity index (χ3n) is 8.25. The highest BCUT2D eigenvalue weighted by atomic mass is 19.1. The highest BCUT2D eigenvalue weighted by Crippen LogP contribution is 2.39. The molecule has 1 amide bonds. The Morgan fingerprint density at radius 3 is 2.35 bits per heavy atom. The van der Waals surface area contributed by atoms with Gasteiger partial charge in [-0.3, -0.25) is 0 Å².